The van der Waals surface area contributed by atoms with E-state index in [1.54, 1.807) is 11.3 Å². The van der Waals surface area contributed by atoms with E-state index in [0.29, 0.717) is 13.1 Å². The second kappa shape index (κ2) is 5.78. The molecule has 7 heteroatoms. The van der Waals surface area contributed by atoms with Gasteiger partial charge in [0.15, 0.2) is 0 Å². The topological polar surface area (TPSA) is 56.8 Å². The van der Waals surface area contributed by atoms with E-state index in [0.717, 1.165) is 49.7 Å². The van der Waals surface area contributed by atoms with Crippen LogP contribution in [0.2, 0.25) is 0 Å². The zero-order valence-corrected chi connectivity index (χ0v) is 14.2. The Kier molecular flexibility index (Phi) is 3.75. The molecule has 23 heavy (non-hydrogen) atoms. The standard InChI is InChI=1S/C16H22N4O2S/c1-11-17-13(10-23-11)8-19-6-12-7-20(9-14(12)15(19)21)16(22)18-4-2-3-5-18/h10,12,14H,2-9H2,1H3/t12-,14+/m1/s1. The summed E-state index contributed by atoms with van der Waals surface area (Å²) in [6, 6.07) is 0.131. The summed E-state index contributed by atoms with van der Waals surface area (Å²) in [7, 11) is 0. The van der Waals surface area contributed by atoms with Crippen molar-refractivity contribution in [3.8, 4) is 0 Å². The maximum atomic E-state index is 12.6. The van der Waals surface area contributed by atoms with Gasteiger partial charge in [0.05, 0.1) is 23.2 Å². The molecule has 4 rings (SSSR count). The Morgan fingerprint density at radius 2 is 2.04 bits per heavy atom. The summed E-state index contributed by atoms with van der Waals surface area (Å²) < 4.78 is 0. The van der Waals surface area contributed by atoms with Gasteiger partial charge in [0.1, 0.15) is 0 Å². The Bertz CT molecular complexity index is 625. The first-order chi connectivity index (χ1) is 11.1. The molecule has 0 spiro atoms. The van der Waals surface area contributed by atoms with Gasteiger partial charge in [0, 0.05) is 44.0 Å². The Hall–Kier alpha value is -1.63. The van der Waals surface area contributed by atoms with Crippen molar-refractivity contribution < 1.29 is 9.59 Å². The molecule has 1 aromatic heterocycles. The predicted molar refractivity (Wildman–Crippen MR) is 87.0 cm³/mol. The van der Waals surface area contributed by atoms with Crippen LogP contribution in [0.3, 0.4) is 0 Å². The summed E-state index contributed by atoms with van der Waals surface area (Å²) in [5.74, 6) is 0.465. The lowest BCUT2D eigenvalue weighted by molar-refractivity contribution is -0.131. The fourth-order valence-electron chi connectivity index (χ4n) is 4.03. The third kappa shape index (κ3) is 2.71. The monoisotopic (exact) mass is 334 g/mol. The molecule has 0 bridgehead atoms. The van der Waals surface area contributed by atoms with E-state index in [1.165, 1.54) is 0 Å². The quantitative estimate of drug-likeness (QED) is 0.825. The second-order valence-corrected chi connectivity index (χ2v) is 7.89. The molecule has 3 amide bonds. The molecule has 0 N–H and O–H groups in total. The number of aryl methyl sites for hydroxylation is 1. The number of thiazole rings is 1. The van der Waals surface area contributed by atoms with Gasteiger partial charge in [-0.05, 0) is 19.8 Å². The number of carbonyl (C=O) groups excluding carboxylic acids is 2. The van der Waals surface area contributed by atoms with Crippen molar-refractivity contribution in [2.24, 2.45) is 11.8 Å². The lowest BCUT2D eigenvalue weighted by Crippen LogP contribution is -2.42. The fraction of sp³-hybridized carbons (Fsp3) is 0.688. The maximum Gasteiger partial charge on any atom is 0.320 e. The predicted octanol–water partition coefficient (Wildman–Crippen LogP) is 1.56. The number of nitrogens with zero attached hydrogens (tertiary/aromatic N) is 4. The van der Waals surface area contributed by atoms with E-state index >= 15 is 0 Å². The summed E-state index contributed by atoms with van der Waals surface area (Å²) in [5.41, 5.74) is 0.978. The van der Waals surface area contributed by atoms with Crippen LogP contribution in [0.25, 0.3) is 0 Å². The van der Waals surface area contributed by atoms with Crippen LogP contribution in [-0.4, -0.2) is 64.3 Å². The molecule has 6 nitrogen and oxygen atoms in total. The molecule has 2 atom stereocenters. The highest BCUT2D eigenvalue weighted by Gasteiger charge is 2.48. The zero-order chi connectivity index (χ0) is 16.0. The van der Waals surface area contributed by atoms with Gasteiger partial charge in [0.25, 0.3) is 0 Å². The number of urea groups is 1. The lowest BCUT2D eigenvalue weighted by Gasteiger charge is -2.26. The number of amides is 3. The van der Waals surface area contributed by atoms with Crippen LogP contribution in [0.5, 0.6) is 0 Å². The molecule has 0 unspecified atom stereocenters. The molecule has 4 heterocycles. The van der Waals surface area contributed by atoms with Crippen molar-refractivity contribution in [3.63, 3.8) is 0 Å². The van der Waals surface area contributed by atoms with Gasteiger partial charge >= 0.3 is 6.03 Å². The van der Waals surface area contributed by atoms with Gasteiger partial charge in [-0.15, -0.1) is 11.3 Å². The van der Waals surface area contributed by atoms with Gasteiger partial charge < -0.3 is 14.7 Å². The number of aromatic nitrogens is 1. The highest BCUT2D eigenvalue weighted by molar-refractivity contribution is 7.09. The Morgan fingerprint density at radius 3 is 2.70 bits per heavy atom. The van der Waals surface area contributed by atoms with Crippen LogP contribution < -0.4 is 0 Å². The average Bonchev–Trinajstić information content (AvgIpc) is 3.28. The molecule has 0 radical (unpaired) electrons. The van der Waals surface area contributed by atoms with Crippen LogP contribution >= 0.6 is 11.3 Å². The Labute approximate surface area is 140 Å². The number of fused-ring (bicyclic) bond motifs is 1. The highest BCUT2D eigenvalue weighted by atomic mass is 32.1. The normalized spacial score (nSPS) is 27.2. The van der Waals surface area contributed by atoms with E-state index in [4.69, 9.17) is 0 Å². The van der Waals surface area contributed by atoms with Crippen molar-refractivity contribution in [2.45, 2.75) is 26.3 Å². The van der Waals surface area contributed by atoms with Crippen LogP contribution in [-0.2, 0) is 11.3 Å². The molecule has 1 aromatic rings. The number of likely N-dealkylation sites (tertiary alicyclic amines) is 3. The van der Waals surface area contributed by atoms with Gasteiger partial charge in [-0.2, -0.15) is 0 Å². The highest BCUT2D eigenvalue weighted by Crippen LogP contribution is 2.34. The molecular weight excluding hydrogens is 312 g/mol. The number of carbonyl (C=O) groups is 2. The maximum absolute atomic E-state index is 12.6. The molecule has 3 saturated heterocycles. The first kappa shape index (κ1) is 14.9. The average molecular weight is 334 g/mol. The van der Waals surface area contributed by atoms with E-state index in [9.17, 15) is 9.59 Å². The molecule has 3 fully saturated rings. The molecule has 0 aromatic carbocycles. The van der Waals surface area contributed by atoms with Crippen LogP contribution in [0.4, 0.5) is 4.79 Å². The summed E-state index contributed by atoms with van der Waals surface area (Å²) in [6.45, 7) is 6.39. The van der Waals surface area contributed by atoms with Crippen LogP contribution in [0.15, 0.2) is 5.38 Å². The summed E-state index contributed by atoms with van der Waals surface area (Å²) in [4.78, 5) is 35.3. The third-order valence-electron chi connectivity index (χ3n) is 5.19. The minimum atomic E-state index is -0.0127. The van der Waals surface area contributed by atoms with Crippen molar-refractivity contribution in [3.05, 3.63) is 16.1 Å². The SMILES string of the molecule is Cc1nc(CN2C[C@@H]3CN(C(=O)N4CCCC4)C[C@@H]3C2=O)cs1. The smallest absolute Gasteiger partial charge is 0.320 e. The summed E-state index contributed by atoms with van der Waals surface area (Å²) in [5, 5.41) is 3.06. The van der Waals surface area contributed by atoms with E-state index in [-0.39, 0.29) is 23.8 Å². The largest absolute Gasteiger partial charge is 0.336 e. The first-order valence-corrected chi connectivity index (χ1v) is 9.23. The Morgan fingerprint density at radius 1 is 1.26 bits per heavy atom. The molecule has 3 aliphatic rings. The van der Waals surface area contributed by atoms with Crippen molar-refractivity contribution >= 4 is 23.3 Å². The Balaban J connectivity index is 1.38. The molecule has 3 aliphatic heterocycles. The van der Waals surface area contributed by atoms with Gasteiger partial charge in [-0.3, -0.25) is 4.79 Å². The van der Waals surface area contributed by atoms with Gasteiger partial charge in [0.2, 0.25) is 5.91 Å². The molecule has 124 valence electrons. The number of rotatable bonds is 2. The van der Waals surface area contributed by atoms with Crippen molar-refractivity contribution in [2.75, 3.05) is 32.7 Å². The van der Waals surface area contributed by atoms with E-state index in [1.807, 2.05) is 27.0 Å². The molecule has 0 aliphatic carbocycles. The van der Waals surface area contributed by atoms with Crippen molar-refractivity contribution in [1.82, 2.24) is 19.7 Å². The van der Waals surface area contributed by atoms with Gasteiger partial charge in [-0.1, -0.05) is 0 Å². The molecule has 0 saturated carbocycles. The van der Waals surface area contributed by atoms with E-state index in [2.05, 4.69) is 4.98 Å². The summed E-state index contributed by atoms with van der Waals surface area (Å²) in [6.07, 6.45) is 2.21. The zero-order valence-electron chi connectivity index (χ0n) is 13.4. The fourth-order valence-corrected chi connectivity index (χ4v) is 4.63. The number of hydrogen-bond donors (Lipinski definition) is 0. The van der Waals surface area contributed by atoms with E-state index < -0.39 is 0 Å². The van der Waals surface area contributed by atoms with Crippen molar-refractivity contribution in [1.29, 1.82) is 0 Å². The van der Waals surface area contributed by atoms with Crippen LogP contribution in [0.1, 0.15) is 23.5 Å². The van der Waals surface area contributed by atoms with Gasteiger partial charge in [-0.25, -0.2) is 9.78 Å². The third-order valence-corrected chi connectivity index (χ3v) is 6.01. The minimum Gasteiger partial charge on any atom is -0.336 e. The lowest BCUT2D eigenvalue weighted by atomic mass is 10.0. The number of hydrogen-bond acceptors (Lipinski definition) is 4. The van der Waals surface area contributed by atoms with Crippen LogP contribution in [0, 0.1) is 18.8 Å². The summed E-state index contributed by atoms with van der Waals surface area (Å²) >= 11 is 1.62. The second-order valence-electron chi connectivity index (χ2n) is 6.82. The molecular formula is C16H22N4O2S. The first-order valence-electron chi connectivity index (χ1n) is 8.35. The minimum absolute atomic E-state index is 0.0127.